The molecule has 1 aromatic carbocycles. The van der Waals surface area contributed by atoms with Crippen LogP contribution in [0.15, 0.2) is 30.3 Å². The molecule has 1 saturated carbocycles. The Kier molecular flexibility index (Phi) is 3.49. The Morgan fingerprint density at radius 3 is 2.78 bits per heavy atom. The van der Waals surface area contributed by atoms with Crippen molar-refractivity contribution in [2.75, 3.05) is 7.11 Å². The fourth-order valence-corrected chi connectivity index (χ4v) is 2.64. The molecule has 0 N–H and O–H groups in total. The van der Waals surface area contributed by atoms with E-state index >= 15 is 0 Å². The molecule has 0 heterocycles. The van der Waals surface area contributed by atoms with Crippen molar-refractivity contribution in [2.45, 2.75) is 13.8 Å². The summed E-state index contributed by atoms with van der Waals surface area (Å²) in [4.78, 5) is 11.6. The molecule has 0 radical (unpaired) electrons. The molecular formula is C15H17ClO2. The second kappa shape index (κ2) is 4.77. The molecule has 3 heteroatoms. The van der Waals surface area contributed by atoms with Crippen LogP contribution in [0, 0.1) is 17.3 Å². The van der Waals surface area contributed by atoms with Crippen LogP contribution in [-0.4, -0.2) is 13.1 Å². The molecule has 2 atom stereocenters. The molecule has 1 aliphatic carbocycles. The number of carbonyl (C=O) groups is 1. The summed E-state index contributed by atoms with van der Waals surface area (Å²) in [5, 5.41) is 0.719. The smallest absolute Gasteiger partial charge is 0.309 e. The summed E-state index contributed by atoms with van der Waals surface area (Å²) in [6.07, 6.45) is 4.09. The van der Waals surface area contributed by atoms with Crippen LogP contribution in [0.25, 0.3) is 6.08 Å². The van der Waals surface area contributed by atoms with E-state index < -0.39 is 0 Å². The number of hydrogen-bond acceptors (Lipinski definition) is 2. The SMILES string of the molecule is COC(=O)C1C(C=Cc2cccc(Cl)c2)C1(C)C. The normalized spacial score (nSPS) is 25.1. The van der Waals surface area contributed by atoms with Crippen LogP contribution in [-0.2, 0) is 9.53 Å². The first-order valence-corrected chi connectivity index (χ1v) is 6.36. The number of rotatable bonds is 3. The highest BCUT2D eigenvalue weighted by Crippen LogP contribution is 2.59. The standard InChI is InChI=1S/C15H17ClO2/c1-15(2)12(13(15)14(17)18-3)8-7-10-5-4-6-11(16)9-10/h4-9,12-13H,1-3H3. The van der Waals surface area contributed by atoms with Gasteiger partial charge in [0.15, 0.2) is 0 Å². The number of methoxy groups -OCH3 is 1. The summed E-state index contributed by atoms with van der Waals surface area (Å²) in [5.41, 5.74) is 1.04. The summed E-state index contributed by atoms with van der Waals surface area (Å²) in [5.74, 6) is 0.0857. The summed E-state index contributed by atoms with van der Waals surface area (Å²) >= 11 is 5.93. The number of hydrogen-bond donors (Lipinski definition) is 0. The predicted molar refractivity (Wildman–Crippen MR) is 73.3 cm³/mol. The summed E-state index contributed by atoms with van der Waals surface area (Å²) in [7, 11) is 1.44. The maximum absolute atomic E-state index is 11.6. The van der Waals surface area contributed by atoms with Gasteiger partial charge < -0.3 is 4.74 Å². The average molecular weight is 265 g/mol. The highest BCUT2D eigenvalue weighted by Gasteiger charge is 2.61. The van der Waals surface area contributed by atoms with Crippen LogP contribution >= 0.6 is 11.6 Å². The number of benzene rings is 1. The van der Waals surface area contributed by atoms with Gasteiger partial charge in [-0.05, 0) is 29.0 Å². The van der Waals surface area contributed by atoms with E-state index in [-0.39, 0.29) is 23.2 Å². The van der Waals surface area contributed by atoms with Crippen molar-refractivity contribution in [1.29, 1.82) is 0 Å². The van der Waals surface area contributed by atoms with Gasteiger partial charge in [0, 0.05) is 5.02 Å². The van der Waals surface area contributed by atoms with Gasteiger partial charge in [-0.2, -0.15) is 0 Å². The molecule has 2 unspecified atom stereocenters. The first-order valence-electron chi connectivity index (χ1n) is 5.98. The molecule has 18 heavy (non-hydrogen) atoms. The minimum atomic E-state index is -0.124. The molecule has 1 fully saturated rings. The monoisotopic (exact) mass is 264 g/mol. The lowest BCUT2D eigenvalue weighted by atomic mass is 10.1. The fourth-order valence-electron chi connectivity index (χ4n) is 2.44. The lowest BCUT2D eigenvalue weighted by Crippen LogP contribution is -2.07. The molecule has 96 valence electrons. The lowest BCUT2D eigenvalue weighted by Gasteiger charge is -1.99. The van der Waals surface area contributed by atoms with E-state index in [1.54, 1.807) is 0 Å². The van der Waals surface area contributed by atoms with Gasteiger partial charge >= 0.3 is 5.97 Å². The molecule has 2 rings (SSSR count). The lowest BCUT2D eigenvalue weighted by molar-refractivity contribution is -0.143. The number of allylic oxidation sites excluding steroid dienone is 1. The molecule has 2 nitrogen and oxygen atoms in total. The van der Waals surface area contributed by atoms with Gasteiger partial charge in [0.1, 0.15) is 0 Å². The molecule has 1 aliphatic rings. The van der Waals surface area contributed by atoms with Crippen LogP contribution in [0.2, 0.25) is 5.02 Å². The highest BCUT2D eigenvalue weighted by atomic mass is 35.5. The van der Waals surface area contributed by atoms with E-state index in [1.165, 1.54) is 7.11 Å². The third kappa shape index (κ3) is 2.44. The van der Waals surface area contributed by atoms with Gasteiger partial charge in [0.2, 0.25) is 0 Å². The summed E-state index contributed by atoms with van der Waals surface area (Å²) in [6.45, 7) is 4.17. The van der Waals surface area contributed by atoms with E-state index in [0.29, 0.717) is 0 Å². The first-order chi connectivity index (χ1) is 8.46. The number of carbonyl (C=O) groups excluding carboxylic acids is 1. The topological polar surface area (TPSA) is 26.3 Å². The van der Waals surface area contributed by atoms with E-state index in [0.717, 1.165) is 10.6 Å². The average Bonchev–Trinajstić information content (AvgIpc) is 2.87. The number of esters is 1. The molecule has 0 spiro atoms. The Hall–Kier alpha value is -1.28. The fraction of sp³-hybridized carbons (Fsp3) is 0.400. The molecule has 0 aromatic heterocycles. The Balaban J connectivity index is 2.09. The van der Waals surface area contributed by atoms with Gasteiger partial charge in [-0.1, -0.05) is 49.7 Å². The van der Waals surface area contributed by atoms with Gasteiger partial charge in [-0.3, -0.25) is 4.79 Å². The van der Waals surface area contributed by atoms with Gasteiger partial charge in [0.25, 0.3) is 0 Å². The third-order valence-electron chi connectivity index (χ3n) is 3.71. The number of halogens is 1. The van der Waals surface area contributed by atoms with Crippen molar-refractivity contribution in [3.05, 3.63) is 40.9 Å². The van der Waals surface area contributed by atoms with Crippen molar-refractivity contribution in [2.24, 2.45) is 17.3 Å². The Morgan fingerprint density at radius 1 is 1.44 bits per heavy atom. The largest absolute Gasteiger partial charge is 0.469 e. The zero-order valence-corrected chi connectivity index (χ0v) is 11.6. The molecular weight excluding hydrogens is 248 g/mol. The molecule has 0 saturated heterocycles. The van der Waals surface area contributed by atoms with Crippen molar-refractivity contribution in [1.82, 2.24) is 0 Å². The van der Waals surface area contributed by atoms with Crippen LogP contribution < -0.4 is 0 Å². The predicted octanol–water partition coefficient (Wildman–Crippen LogP) is 3.80. The van der Waals surface area contributed by atoms with Crippen LogP contribution in [0.3, 0.4) is 0 Å². The zero-order chi connectivity index (χ0) is 13.3. The van der Waals surface area contributed by atoms with Gasteiger partial charge in [0.05, 0.1) is 13.0 Å². The Bertz CT molecular complexity index is 491. The van der Waals surface area contributed by atoms with E-state index in [1.807, 2.05) is 30.3 Å². The van der Waals surface area contributed by atoms with Crippen molar-refractivity contribution >= 4 is 23.6 Å². The molecule has 0 bridgehead atoms. The second-order valence-electron chi connectivity index (χ2n) is 5.26. The Morgan fingerprint density at radius 2 is 2.17 bits per heavy atom. The van der Waals surface area contributed by atoms with Gasteiger partial charge in [-0.15, -0.1) is 0 Å². The minimum Gasteiger partial charge on any atom is -0.469 e. The highest BCUT2D eigenvalue weighted by molar-refractivity contribution is 6.30. The molecule has 0 aliphatic heterocycles. The van der Waals surface area contributed by atoms with E-state index in [2.05, 4.69) is 19.9 Å². The zero-order valence-electron chi connectivity index (χ0n) is 10.8. The maximum atomic E-state index is 11.6. The van der Waals surface area contributed by atoms with Crippen molar-refractivity contribution in [3.8, 4) is 0 Å². The van der Waals surface area contributed by atoms with Crippen LogP contribution in [0.5, 0.6) is 0 Å². The van der Waals surface area contributed by atoms with Crippen LogP contribution in [0.1, 0.15) is 19.4 Å². The maximum Gasteiger partial charge on any atom is 0.309 e. The number of ether oxygens (including phenoxy) is 1. The van der Waals surface area contributed by atoms with E-state index in [9.17, 15) is 4.79 Å². The summed E-state index contributed by atoms with van der Waals surface area (Å²) in [6, 6.07) is 7.65. The van der Waals surface area contributed by atoms with Gasteiger partial charge in [-0.25, -0.2) is 0 Å². The van der Waals surface area contributed by atoms with Crippen LogP contribution in [0.4, 0.5) is 0 Å². The third-order valence-corrected chi connectivity index (χ3v) is 3.95. The van der Waals surface area contributed by atoms with Crippen molar-refractivity contribution < 1.29 is 9.53 Å². The summed E-state index contributed by atoms with van der Waals surface area (Å²) < 4.78 is 4.82. The molecule has 0 amide bonds. The quantitative estimate of drug-likeness (QED) is 0.777. The molecule has 1 aromatic rings. The van der Waals surface area contributed by atoms with E-state index in [4.69, 9.17) is 16.3 Å². The van der Waals surface area contributed by atoms with Crippen molar-refractivity contribution in [3.63, 3.8) is 0 Å². The first kappa shape index (κ1) is 13.2. The minimum absolute atomic E-state index is 0.0117. The second-order valence-corrected chi connectivity index (χ2v) is 5.70. The Labute approximate surface area is 113 Å².